The quantitative estimate of drug-likeness (QED) is 0.396. The molecule has 1 spiro atoms. The second-order valence-electron chi connectivity index (χ2n) is 8.85. The third-order valence-corrected chi connectivity index (χ3v) is 8.25. The van der Waals surface area contributed by atoms with Crippen LogP contribution in [0.1, 0.15) is 26.2 Å². The molecule has 130 valence electrons. The predicted molar refractivity (Wildman–Crippen MR) is 81.8 cm³/mol. The number of fused-ring (bicyclic) bond motifs is 1. The van der Waals surface area contributed by atoms with Gasteiger partial charge in [0, 0.05) is 17.3 Å². The Labute approximate surface area is 143 Å². The number of hydrogen-bond acceptors (Lipinski definition) is 6. The van der Waals surface area contributed by atoms with Crippen molar-refractivity contribution in [3.63, 3.8) is 0 Å². The minimum absolute atomic E-state index is 0.152. The Bertz CT molecular complexity index is 858. The largest absolute Gasteiger partial charge is 0.457 e. The molecular formula is C19H18O6. The topological polar surface area (TPSA) is 89.9 Å². The molecule has 2 saturated heterocycles. The zero-order valence-corrected chi connectivity index (χ0v) is 13.8. The van der Waals surface area contributed by atoms with Crippen LogP contribution in [0.5, 0.6) is 0 Å². The molecule has 6 aliphatic rings. The van der Waals surface area contributed by atoms with Crippen molar-refractivity contribution in [2.75, 3.05) is 0 Å². The summed E-state index contributed by atoms with van der Waals surface area (Å²) in [6, 6.07) is 0. The van der Waals surface area contributed by atoms with E-state index in [0.29, 0.717) is 24.8 Å². The Hall–Kier alpha value is -1.95. The molecule has 6 rings (SSSR count). The molecule has 1 N–H and O–H groups in total. The summed E-state index contributed by atoms with van der Waals surface area (Å²) in [6.45, 7) is 5.64. The van der Waals surface area contributed by atoms with Crippen molar-refractivity contribution in [3.8, 4) is 0 Å². The molecule has 6 heteroatoms. The number of carbonyl (C=O) groups excluding carboxylic acids is 3. The number of hydrogen-bond donors (Lipinski definition) is 1. The van der Waals surface area contributed by atoms with E-state index in [1.165, 1.54) is 6.08 Å². The first kappa shape index (κ1) is 14.2. The lowest BCUT2D eigenvalue weighted by atomic mass is 9.62. The fraction of sp³-hybridized carbons (Fsp3) is 0.632. The Morgan fingerprint density at radius 2 is 2.08 bits per heavy atom. The summed E-state index contributed by atoms with van der Waals surface area (Å²) in [7, 11) is 0. The van der Waals surface area contributed by atoms with Crippen LogP contribution in [0.4, 0.5) is 0 Å². The van der Waals surface area contributed by atoms with Gasteiger partial charge in [-0.3, -0.25) is 14.4 Å². The van der Waals surface area contributed by atoms with Crippen molar-refractivity contribution in [1.82, 2.24) is 0 Å². The lowest BCUT2D eigenvalue weighted by molar-refractivity contribution is -0.159. The van der Waals surface area contributed by atoms with E-state index in [1.54, 1.807) is 13.0 Å². The van der Waals surface area contributed by atoms with E-state index in [0.717, 1.165) is 0 Å². The number of ketones is 1. The van der Waals surface area contributed by atoms with Crippen LogP contribution in [0.15, 0.2) is 24.3 Å². The van der Waals surface area contributed by atoms with Crippen molar-refractivity contribution in [1.29, 1.82) is 0 Å². The van der Waals surface area contributed by atoms with Crippen molar-refractivity contribution in [2.24, 2.45) is 28.6 Å². The highest BCUT2D eigenvalue weighted by molar-refractivity contribution is 6.13. The summed E-state index contributed by atoms with van der Waals surface area (Å²) in [4.78, 5) is 38.2. The van der Waals surface area contributed by atoms with E-state index in [-0.39, 0.29) is 17.7 Å². The van der Waals surface area contributed by atoms with E-state index >= 15 is 0 Å². The maximum absolute atomic E-state index is 12.9. The van der Waals surface area contributed by atoms with Crippen molar-refractivity contribution in [3.05, 3.63) is 24.3 Å². The molecule has 2 aliphatic heterocycles. The van der Waals surface area contributed by atoms with Crippen LogP contribution in [-0.4, -0.2) is 40.1 Å². The second kappa shape index (κ2) is 3.47. The number of esters is 2. The Morgan fingerprint density at radius 3 is 2.84 bits per heavy atom. The number of rotatable bonds is 0. The molecule has 0 aromatic rings. The summed E-state index contributed by atoms with van der Waals surface area (Å²) >= 11 is 0. The van der Waals surface area contributed by atoms with Crippen LogP contribution in [0.3, 0.4) is 0 Å². The van der Waals surface area contributed by atoms with Crippen molar-refractivity contribution < 1.29 is 29.0 Å². The minimum Gasteiger partial charge on any atom is -0.457 e. The van der Waals surface area contributed by atoms with Gasteiger partial charge < -0.3 is 14.6 Å². The van der Waals surface area contributed by atoms with Crippen LogP contribution in [0.2, 0.25) is 0 Å². The summed E-state index contributed by atoms with van der Waals surface area (Å²) in [6.07, 6.45) is 4.10. The maximum atomic E-state index is 12.9. The molecule has 0 radical (unpaired) electrons. The van der Waals surface area contributed by atoms with Crippen LogP contribution in [0.25, 0.3) is 0 Å². The molecule has 0 aromatic carbocycles. The number of carbonyl (C=O) groups is 3. The summed E-state index contributed by atoms with van der Waals surface area (Å²) in [5, 5.41) is 11.0. The van der Waals surface area contributed by atoms with Gasteiger partial charge in [0.15, 0.2) is 5.78 Å². The average Bonchev–Trinajstić information content (AvgIpc) is 3.07. The van der Waals surface area contributed by atoms with Gasteiger partial charge in [0.1, 0.15) is 17.1 Å². The Kier molecular flexibility index (Phi) is 1.98. The summed E-state index contributed by atoms with van der Waals surface area (Å²) in [5.74, 6) is -2.59. The first-order valence-electron chi connectivity index (χ1n) is 8.81. The summed E-state index contributed by atoms with van der Waals surface area (Å²) in [5.41, 5.74) is -3.43. The smallest absolute Gasteiger partial charge is 0.321 e. The molecule has 8 atom stereocenters. The Balaban J connectivity index is 1.67. The maximum Gasteiger partial charge on any atom is 0.321 e. The van der Waals surface area contributed by atoms with E-state index < -0.39 is 45.9 Å². The second-order valence-corrected chi connectivity index (χ2v) is 8.85. The number of ether oxygens (including phenoxy) is 2. The van der Waals surface area contributed by atoms with Crippen LogP contribution < -0.4 is 0 Å². The highest BCUT2D eigenvalue weighted by Crippen LogP contribution is 2.79. The molecule has 3 saturated carbocycles. The fourth-order valence-electron chi connectivity index (χ4n) is 7.34. The van der Waals surface area contributed by atoms with E-state index in [9.17, 15) is 19.5 Å². The SMILES string of the molecule is C=C1[C@@H]2OC(=O)[C@H]3[C@@H]4[C@@]5(C)C(=O)C=C[C@@]4(OC5=O)[C@@H]4CC[C@]1(O)C[C@]234. The molecule has 5 fully saturated rings. The number of allylic oxidation sites excluding steroid dienone is 1. The van der Waals surface area contributed by atoms with Gasteiger partial charge in [0.2, 0.25) is 0 Å². The molecule has 4 bridgehead atoms. The molecule has 6 nitrogen and oxygen atoms in total. The van der Waals surface area contributed by atoms with Gasteiger partial charge in [-0.15, -0.1) is 0 Å². The van der Waals surface area contributed by atoms with Gasteiger partial charge in [0.25, 0.3) is 0 Å². The normalized spacial score (nSPS) is 59.8. The Morgan fingerprint density at radius 1 is 1.32 bits per heavy atom. The van der Waals surface area contributed by atoms with E-state index in [2.05, 4.69) is 6.58 Å². The zero-order valence-electron chi connectivity index (χ0n) is 13.8. The van der Waals surface area contributed by atoms with Crippen LogP contribution in [-0.2, 0) is 23.9 Å². The van der Waals surface area contributed by atoms with Gasteiger partial charge in [-0.1, -0.05) is 6.58 Å². The molecule has 2 heterocycles. The van der Waals surface area contributed by atoms with Gasteiger partial charge >= 0.3 is 11.9 Å². The average molecular weight is 342 g/mol. The standard InChI is InChI=1S/C19H18O6/c1-8-13-18-7-17(8,23)5-3-9(18)19-6-4-10(20)16(2,15(22)25-19)12(19)11(18)14(21)24-13/h4,6,9,11-13,23H,1,3,5,7H2,2H3/t9-,11-,12-,13+,16-,17+,18-,19-/m1/s1. The lowest BCUT2D eigenvalue weighted by Gasteiger charge is -2.43. The van der Waals surface area contributed by atoms with Crippen molar-refractivity contribution in [2.45, 2.75) is 43.5 Å². The monoisotopic (exact) mass is 342 g/mol. The van der Waals surface area contributed by atoms with Crippen LogP contribution >= 0.6 is 0 Å². The third-order valence-electron chi connectivity index (χ3n) is 8.25. The lowest BCUT2D eigenvalue weighted by Crippen LogP contribution is -2.49. The first-order valence-corrected chi connectivity index (χ1v) is 8.81. The zero-order chi connectivity index (χ0) is 17.6. The van der Waals surface area contributed by atoms with Gasteiger partial charge in [-0.2, -0.15) is 0 Å². The van der Waals surface area contributed by atoms with Crippen LogP contribution in [0, 0.1) is 28.6 Å². The highest BCUT2D eigenvalue weighted by Gasteiger charge is 2.88. The van der Waals surface area contributed by atoms with E-state index in [4.69, 9.17) is 9.47 Å². The van der Waals surface area contributed by atoms with Gasteiger partial charge in [-0.25, -0.2) is 0 Å². The first-order chi connectivity index (χ1) is 11.7. The predicted octanol–water partition coefficient (Wildman–Crippen LogP) is 0.686. The van der Waals surface area contributed by atoms with Gasteiger partial charge in [-0.05, 0) is 43.9 Å². The molecule has 25 heavy (non-hydrogen) atoms. The highest BCUT2D eigenvalue weighted by atomic mass is 16.6. The van der Waals surface area contributed by atoms with Crippen molar-refractivity contribution >= 4 is 17.7 Å². The van der Waals surface area contributed by atoms with Gasteiger partial charge in [0.05, 0.1) is 11.5 Å². The molecule has 4 aliphatic carbocycles. The number of aliphatic hydroxyl groups is 1. The van der Waals surface area contributed by atoms with E-state index in [1.807, 2.05) is 0 Å². The molecule has 0 aromatic heterocycles. The molecular weight excluding hydrogens is 324 g/mol. The fourth-order valence-corrected chi connectivity index (χ4v) is 7.34. The minimum atomic E-state index is -1.36. The molecule has 0 amide bonds. The molecule has 0 unspecified atom stereocenters. The third kappa shape index (κ3) is 1.07. The summed E-state index contributed by atoms with van der Waals surface area (Å²) < 4.78 is 11.6.